The molecule has 0 fully saturated rings. The van der Waals surface area contributed by atoms with E-state index in [0.29, 0.717) is 13.2 Å². The quantitative estimate of drug-likeness (QED) is 0.597. The maximum Gasteiger partial charge on any atom is 0.122 e. The van der Waals surface area contributed by atoms with Gasteiger partial charge in [0.05, 0.1) is 26.4 Å². The Morgan fingerprint density at radius 2 is 2.40 bits per heavy atom. The second-order valence-electron chi connectivity index (χ2n) is 3.15. The van der Waals surface area contributed by atoms with Gasteiger partial charge in [-0.25, -0.2) is 4.98 Å². The molecular weight excluding hydrogens is 194 g/mol. The molecule has 0 spiro atoms. The molecule has 1 rings (SSSR count). The first-order valence-electron chi connectivity index (χ1n) is 5.27. The average molecular weight is 213 g/mol. The van der Waals surface area contributed by atoms with Crippen LogP contribution < -0.4 is 5.32 Å². The number of rotatable bonds is 8. The van der Waals surface area contributed by atoms with E-state index >= 15 is 0 Å². The molecule has 0 amide bonds. The molecule has 0 aliphatic carbocycles. The molecule has 1 heterocycles. The summed E-state index contributed by atoms with van der Waals surface area (Å²) in [5, 5.41) is 11.8. The molecule has 5 heteroatoms. The number of ether oxygens (including phenoxy) is 1. The van der Waals surface area contributed by atoms with Crippen LogP contribution in [0.1, 0.15) is 12.7 Å². The first-order valence-corrected chi connectivity index (χ1v) is 5.27. The van der Waals surface area contributed by atoms with E-state index in [4.69, 9.17) is 9.84 Å². The third-order valence-electron chi connectivity index (χ3n) is 2.05. The van der Waals surface area contributed by atoms with Gasteiger partial charge in [0.1, 0.15) is 5.82 Å². The number of hydrogen-bond acceptors (Lipinski definition) is 4. The van der Waals surface area contributed by atoms with Gasteiger partial charge < -0.3 is 19.7 Å². The monoisotopic (exact) mass is 213 g/mol. The molecule has 0 radical (unpaired) electrons. The standard InChI is InChI=1S/C10H19N3O2/c1-2-11-9-10-12-3-4-13(10)5-7-15-8-6-14/h3-4,11,14H,2,5-9H2,1H3. The molecule has 0 atom stereocenters. The maximum absolute atomic E-state index is 8.54. The summed E-state index contributed by atoms with van der Waals surface area (Å²) < 4.78 is 7.25. The molecule has 86 valence electrons. The van der Waals surface area contributed by atoms with Gasteiger partial charge in [0.2, 0.25) is 0 Å². The zero-order valence-electron chi connectivity index (χ0n) is 9.15. The fourth-order valence-electron chi connectivity index (χ4n) is 1.28. The van der Waals surface area contributed by atoms with Gasteiger partial charge in [-0.3, -0.25) is 0 Å². The minimum absolute atomic E-state index is 0.0776. The largest absolute Gasteiger partial charge is 0.394 e. The summed E-state index contributed by atoms with van der Waals surface area (Å²) in [6.07, 6.45) is 3.73. The van der Waals surface area contributed by atoms with Crippen molar-refractivity contribution in [2.75, 3.05) is 26.4 Å². The minimum atomic E-state index is 0.0776. The van der Waals surface area contributed by atoms with Crippen molar-refractivity contribution in [3.8, 4) is 0 Å². The Kier molecular flexibility index (Phi) is 5.99. The van der Waals surface area contributed by atoms with Gasteiger partial charge in [0.15, 0.2) is 0 Å². The van der Waals surface area contributed by atoms with Gasteiger partial charge in [0, 0.05) is 18.9 Å². The number of nitrogens with zero attached hydrogens (tertiary/aromatic N) is 2. The number of aliphatic hydroxyl groups excluding tert-OH is 1. The lowest BCUT2D eigenvalue weighted by Gasteiger charge is -2.08. The van der Waals surface area contributed by atoms with Crippen molar-refractivity contribution < 1.29 is 9.84 Å². The fourth-order valence-corrected chi connectivity index (χ4v) is 1.28. The molecular formula is C10H19N3O2. The summed E-state index contributed by atoms with van der Waals surface area (Å²) >= 11 is 0. The van der Waals surface area contributed by atoms with Crippen molar-refractivity contribution in [2.24, 2.45) is 0 Å². The lowest BCUT2D eigenvalue weighted by Crippen LogP contribution is -2.17. The van der Waals surface area contributed by atoms with Crippen molar-refractivity contribution >= 4 is 0 Å². The van der Waals surface area contributed by atoms with Crippen LogP contribution in [0.15, 0.2) is 12.4 Å². The first kappa shape index (κ1) is 12.2. The normalized spacial score (nSPS) is 10.8. The fraction of sp³-hybridized carbons (Fsp3) is 0.700. The lowest BCUT2D eigenvalue weighted by molar-refractivity contribution is 0.0866. The molecule has 1 aromatic rings. The Labute approximate surface area is 90.1 Å². The molecule has 1 aromatic heterocycles. The highest BCUT2D eigenvalue weighted by Gasteiger charge is 2.00. The summed E-state index contributed by atoms with van der Waals surface area (Å²) in [6, 6.07) is 0. The average Bonchev–Trinajstić information content (AvgIpc) is 2.69. The van der Waals surface area contributed by atoms with Gasteiger partial charge in [-0.1, -0.05) is 6.92 Å². The third kappa shape index (κ3) is 4.42. The van der Waals surface area contributed by atoms with Gasteiger partial charge >= 0.3 is 0 Å². The first-order chi connectivity index (χ1) is 7.38. The highest BCUT2D eigenvalue weighted by atomic mass is 16.5. The van der Waals surface area contributed by atoms with E-state index < -0.39 is 0 Å². The summed E-state index contributed by atoms with van der Waals surface area (Å²) in [5.41, 5.74) is 0. The molecule has 15 heavy (non-hydrogen) atoms. The Hall–Kier alpha value is -0.910. The Balaban J connectivity index is 2.29. The molecule has 0 saturated heterocycles. The van der Waals surface area contributed by atoms with Crippen molar-refractivity contribution in [2.45, 2.75) is 20.0 Å². The van der Waals surface area contributed by atoms with E-state index in [9.17, 15) is 0 Å². The summed E-state index contributed by atoms with van der Waals surface area (Å²) in [5.74, 6) is 1.02. The molecule has 0 unspecified atom stereocenters. The van der Waals surface area contributed by atoms with Gasteiger partial charge in [-0.05, 0) is 6.54 Å². The maximum atomic E-state index is 8.54. The van der Waals surface area contributed by atoms with E-state index in [0.717, 1.165) is 25.5 Å². The summed E-state index contributed by atoms with van der Waals surface area (Å²) in [6.45, 7) is 5.65. The van der Waals surface area contributed by atoms with E-state index in [2.05, 4.69) is 21.8 Å². The second-order valence-corrected chi connectivity index (χ2v) is 3.15. The van der Waals surface area contributed by atoms with Crippen LogP contribution in [-0.4, -0.2) is 41.0 Å². The topological polar surface area (TPSA) is 59.3 Å². The van der Waals surface area contributed by atoms with Crippen molar-refractivity contribution in [3.05, 3.63) is 18.2 Å². The Bertz CT molecular complexity index is 263. The number of aliphatic hydroxyl groups is 1. The molecule has 0 aromatic carbocycles. The number of hydrogen-bond donors (Lipinski definition) is 2. The van der Waals surface area contributed by atoms with Crippen LogP contribution in [0, 0.1) is 0 Å². The van der Waals surface area contributed by atoms with E-state index in [1.165, 1.54) is 0 Å². The van der Waals surface area contributed by atoms with Gasteiger partial charge in [0.25, 0.3) is 0 Å². The SMILES string of the molecule is CCNCc1nccn1CCOCCO. The molecule has 5 nitrogen and oxygen atoms in total. The van der Waals surface area contributed by atoms with Crippen LogP contribution in [0.4, 0.5) is 0 Å². The molecule has 0 aliphatic heterocycles. The number of nitrogens with one attached hydrogen (secondary N) is 1. The zero-order chi connectivity index (χ0) is 10.9. The molecule has 0 saturated carbocycles. The Morgan fingerprint density at radius 1 is 1.53 bits per heavy atom. The van der Waals surface area contributed by atoms with E-state index in [1.54, 1.807) is 6.20 Å². The van der Waals surface area contributed by atoms with E-state index in [1.807, 2.05) is 6.20 Å². The molecule has 0 bridgehead atoms. The highest BCUT2D eigenvalue weighted by Crippen LogP contribution is 1.97. The van der Waals surface area contributed by atoms with Crippen LogP contribution in [0.5, 0.6) is 0 Å². The van der Waals surface area contributed by atoms with Crippen LogP contribution >= 0.6 is 0 Å². The third-order valence-corrected chi connectivity index (χ3v) is 2.05. The second kappa shape index (κ2) is 7.39. The minimum Gasteiger partial charge on any atom is -0.394 e. The van der Waals surface area contributed by atoms with Crippen LogP contribution in [0.2, 0.25) is 0 Å². The predicted molar refractivity (Wildman–Crippen MR) is 57.5 cm³/mol. The highest BCUT2D eigenvalue weighted by molar-refractivity contribution is 4.91. The van der Waals surface area contributed by atoms with E-state index in [-0.39, 0.29) is 6.61 Å². The molecule has 2 N–H and O–H groups in total. The Morgan fingerprint density at radius 3 is 3.13 bits per heavy atom. The predicted octanol–water partition coefficient (Wildman–Crippen LogP) is 0.00150. The van der Waals surface area contributed by atoms with Gasteiger partial charge in [-0.2, -0.15) is 0 Å². The number of aromatic nitrogens is 2. The van der Waals surface area contributed by atoms with Gasteiger partial charge in [-0.15, -0.1) is 0 Å². The van der Waals surface area contributed by atoms with Crippen LogP contribution in [0.25, 0.3) is 0 Å². The summed E-state index contributed by atoms with van der Waals surface area (Å²) in [7, 11) is 0. The summed E-state index contributed by atoms with van der Waals surface area (Å²) in [4.78, 5) is 4.25. The van der Waals surface area contributed by atoms with Crippen molar-refractivity contribution in [1.29, 1.82) is 0 Å². The zero-order valence-corrected chi connectivity index (χ0v) is 9.15. The number of imidazole rings is 1. The van der Waals surface area contributed by atoms with Crippen molar-refractivity contribution in [1.82, 2.24) is 14.9 Å². The van der Waals surface area contributed by atoms with Crippen LogP contribution in [-0.2, 0) is 17.8 Å². The van der Waals surface area contributed by atoms with Crippen LogP contribution in [0.3, 0.4) is 0 Å². The lowest BCUT2D eigenvalue weighted by atomic mass is 10.5. The van der Waals surface area contributed by atoms with Crippen molar-refractivity contribution in [3.63, 3.8) is 0 Å². The smallest absolute Gasteiger partial charge is 0.122 e. The molecule has 0 aliphatic rings.